The first kappa shape index (κ1) is 17.0. The summed E-state index contributed by atoms with van der Waals surface area (Å²) in [4.78, 5) is 21.9. The molecule has 0 spiro atoms. The molecule has 0 aliphatic rings. The summed E-state index contributed by atoms with van der Waals surface area (Å²) < 4.78 is 15.8. The van der Waals surface area contributed by atoms with E-state index < -0.39 is 23.4 Å². The first-order chi connectivity index (χ1) is 9.97. The number of carbonyl (C=O) groups excluding carboxylic acids is 1. The largest absolute Gasteiger partial charge is 0.482 e. The van der Waals surface area contributed by atoms with E-state index in [9.17, 15) is 13.8 Å². The van der Waals surface area contributed by atoms with Crippen LogP contribution >= 0.6 is 0 Å². The molecule has 0 bridgehead atoms. The van der Waals surface area contributed by atoms with Crippen molar-refractivity contribution in [3.8, 4) is 5.75 Å². The number of urea groups is 1. The van der Waals surface area contributed by atoms with Crippen molar-refractivity contribution >= 4 is 28.5 Å². The van der Waals surface area contributed by atoms with Crippen LogP contribution < -0.4 is 15.4 Å². The summed E-state index contributed by atoms with van der Waals surface area (Å²) >= 11 is 0. The SMILES string of the molecule is CS(=O)CCCNC(=O)Nc1ccc(OCC(=O)O)cc1. The fourth-order valence-electron chi connectivity index (χ4n) is 1.43. The Hall–Kier alpha value is -2.09. The van der Waals surface area contributed by atoms with Gasteiger partial charge in [-0.15, -0.1) is 0 Å². The van der Waals surface area contributed by atoms with Crippen molar-refractivity contribution in [3.63, 3.8) is 0 Å². The van der Waals surface area contributed by atoms with Gasteiger partial charge in [-0.2, -0.15) is 0 Å². The summed E-state index contributed by atoms with van der Waals surface area (Å²) in [6, 6.07) is 6.00. The van der Waals surface area contributed by atoms with Crippen LogP contribution in [0.2, 0.25) is 0 Å². The van der Waals surface area contributed by atoms with Crippen molar-refractivity contribution in [2.45, 2.75) is 6.42 Å². The second-order valence-electron chi connectivity index (χ2n) is 4.22. The van der Waals surface area contributed by atoms with Crippen LogP contribution in [0.15, 0.2) is 24.3 Å². The molecule has 2 amide bonds. The molecular weight excluding hydrogens is 296 g/mol. The van der Waals surface area contributed by atoms with E-state index >= 15 is 0 Å². The molecular formula is C13H18N2O5S. The van der Waals surface area contributed by atoms with Gasteiger partial charge in [0.1, 0.15) is 5.75 Å². The number of benzene rings is 1. The summed E-state index contributed by atoms with van der Waals surface area (Å²) in [5.74, 6) is -0.0889. The first-order valence-corrected chi connectivity index (χ1v) is 7.99. The molecule has 0 heterocycles. The molecule has 1 unspecified atom stereocenters. The highest BCUT2D eigenvalue weighted by Crippen LogP contribution is 2.15. The molecule has 0 fully saturated rings. The van der Waals surface area contributed by atoms with Crippen LogP contribution in [0.4, 0.5) is 10.5 Å². The Kier molecular flexibility index (Phi) is 7.24. The quantitative estimate of drug-likeness (QED) is 0.622. The molecule has 1 atom stereocenters. The molecule has 7 nitrogen and oxygen atoms in total. The third kappa shape index (κ3) is 7.93. The second kappa shape index (κ2) is 8.96. The van der Waals surface area contributed by atoms with Crippen LogP contribution in [0.25, 0.3) is 0 Å². The van der Waals surface area contributed by atoms with Crippen molar-refractivity contribution in [1.82, 2.24) is 5.32 Å². The molecule has 0 radical (unpaired) electrons. The molecule has 0 aromatic heterocycles. The number of anilines is 1. The summed E-state index contributed by atoms with van der Waals surface area (Å²) in [6.45, 7) is 0.0390. The van der Waals surface area contributed by atoms with E-state index in [2.05, 4.69) is 10.6 Å². The van der Waals surface area contributed by atoms with Crippen molar-refractivity contribution in [1.29, 1.82) is 0 Å². The molecule has 1 aromatic carbocycles. The molecule has 3 N–H and O–H groups in total. The van der Waals surface area contributed by atoms with Gasteiger partial charge in [0, 0.05) is 35.0 Å². The maximum absolute atomic E-state index is 11.6. The van der Waals surface area contributed by atoms with Gasteiger partial charge in [0.15, 0.2) is 6.61 Å². The van der Waals surface area contributed by atoms with Gasteiger partial charge in [-0.1, -0.05) is 0 Å². The van der Waals surface area contributed by atoms with Crippen LogP contribution in [-0.4, -0.2) is 46.5 Å². The zero-order valence-electron chi connectivity index (χ0n) is 11.6. The molecule has 0 saturated heterocycles. The van der Waals surface area contributed by atoms with Gasteiger partial charge in [-0.05, 0) is 30.7 Å². The van der Waals surface area contributed by atoms with Gasteiger partial charge in [0.25, 0.3) is 0 Å². The Balaban J connectivity index is 2.32. The zero-order chi connectivity index (χ0) is 15.7. The summed E-state index contributed by atoms with van der Waals surface area (Å²) in [6.07, 6.45) is 2.27. The van der Waals surface area contributed by atoms with Crippen molar-refractivity contribution in [2.24, 2.45) is 0 Å². The van der Waals surface area contributed by atoms with E-state index in [1.807, 2.05) is 0 Å². The smallest absolute Gasteiger partial charge is 0.341 e. The van der Waals surface area contributed by atoms with Crippen LogP contribution in [0.3, 0.4) is 0 Å². The van der Waals surface area contributed by atoms with Gasteiger partial charge < -0.3 is 20.5 Å². The lowest BCUT2D eigenvalue weighted by atomic mass is 10.3. The minimum Gasteiger partial charge on any atom is -0.482 e. The van der Waals surface area contributed by atoms with E-state index in [-0.39, 0.29) is 6.03 Å². The predicted octanol–water partition coefficient (Wildman–Crippen LogP) is 1.04. The van der Waals surface area contributed by atoms with Crippen molar-refractivity contribution < 1.29 is 23.6 Å². The maximum Gasteiger partial charge on any atom is 0.341 e. The maximum atomic E-state index is 11.6. The Morgan fingerprint density at radius 1 is 1.29 bits per heavy atom. The number of ether oxygens (including phenoxy) is 1. The van der Waals surface area contributed by atoms with Crippen LogP contribution in [0, 0.1) is 0 Å². The van der Waals surface area contributed by atoms with E-state index in [1.165, 1.54) is 0 Å². The Bertz CT molecular complexity index is 504. The van der Waals surface area contributed by atoms with E-state index in [1.54, 1.807) is 30.5 Å². The number of hydrogen-bond acceptors (Lipinski definition) is 4. The fourth-order valence-corrected chi connectivity index (χ4v) is 1.98. The summed E-state index contributed by atoms with van der Waals surface area (Å²) in [5, 5.41) is 13.7. The average Bonchev–Trinajstić information content (AvgIpc) is 2.42. The number of amides is 2. The van der Waals surface area contributed by atoms with Crippen LogP contribution in [0.5, 0.6) is 5.75 Å². The van der Waals surface area contributed by atoms with Gasteiger partial charge in [-0.3, -0.25) is 4.21 Å². The molecule has 21 heavy (non-hydrogen) atoms. The monoisotopic (exact) mass is 314 g/mol. The third-order valence-corrected chi connectivity index (χ3v) is 3.23. The Morgan fingerprint density at radius 3 is 2.52 bits per heavy atom. The third-order valence-electron chi connectivity index (χ3n) is 2.37. The highest BCUT2D eigenvalue weighted by Gasteiger charge is 2.03. The van der Waals surface area contributed by atoms with Crippen molar-refractivity contribution in [2.75, 3.05) is 30.5 Å². The van der Waals surface area contributed by atoms with Crippen LogP contribution in [-0.2, 0) is 15.6 Å². The minimum absolute atomic E-state index is 0.351. The molecule has 1 aromatic rings. The number of carboxylic acid groups (broad SMARTS) is 1. The fraction of sp³-hybridized carbons (Fsp3) is 0.385. The van der Waals surface area contributed by atoms with Crippen LogP contribution in [0.1, 0.15) is 6.42 Å². The number of carboxylic acids is 1. The summed E-state index contributed by atoms with van der Waals surface area (Å²) in [5.41, 5.74) is 0.564. The first-order valence-electron chi connectivity index (χ1n) is 6.27. The highest BCUT2D eigenvalue weighted by molar-refractivity contribution is 7.84. The number of nitrogens with one attached hydrogen (secondary N) is 2. The number of aliphatic carboxylic acids is 1. The molecule has 0 aliphatic heterocycles. The number of carbonyl (C=O) groups is 2. The second-order valence-corrected chi connectivity index (χ2v) is 5.77. The van der Waals surface area contributed by atoms with Gasteiger partial charge in [0.05, 0.1) is 0 Å². The lowest BCUT2D eigenvalue weighted by molar-refractivity contribution is -0.139. The Morgan fingerprint density at radius 2 is 1.95 bits per heavy atom. The molecule has 0 aliphatic carbocycles. The normalized spacial score (nSPS) is 11.5. The van der Waals surface area contributed by atoms with E-state index in [4.69, 9.17) is 9.84 Å². The standard InChI is InChI=1S/C13H18N2O5S/c1-21(19)8-2-7-14-13(18)15-10-3-5-11(6-4-10)20-9-12(16)17/h3-6H,2,7-9H2,1H3,(H,16,17)(H2,14,15,18). The molecule has 8 heteroatoms. The topological polar surface area (TPSA) is 105 Å². The van der Waals surface area contributed by atoms with Gasteiger partial charge in [0.2, 0.25) is 0 Å². The van der Waals surface area contributed by atoms with Gasteiger partial charge in [-0.25, -0.2) is 9.59 Å². The zero-order valence-corrected chi connectivity index (χ0v) is 12.4. The number of hydrogen-bond donors (Lipinski definition) is 3. The lowest BCUT2D eigenvalue weighted by Crippen LogP contribution is -2.30. The minimum atomic E-state index is -1.05. The summed E-state index contributed by atoms with van der Waals surface area (Å²) in [7, 11) is -0.854. The van der Waals surface area contributed by atoms with E-state index in [0.717, 1.165) is 0 Å². The molecule has 1 rings (SSSR count). The highest BCUT2D eigenvalue weighted by atomic mass is 32.2. The average molecular weight is 314 g/mol. The number of rotatable bonds is 8. The molecule has 0 saturated carbocycles. The van der Waals surface area contributed by atoms with Crippen molar-refractivity contribution in [3.05, 3.63) is 24.3 Å². The molecule has 116 valence electrons. The van der Waals surface area contributed by atoms with Gasteiger partial charge >= 0.3 is 12.0 Å². The predicted molar refractivity (Wildman–Crippen MR) is 80.1 cm³/mol. The lowest BCUT2D eigenvalue weighted by Gasteiger charge is -2.08. The van der Waals surface area contributed by atoms with E-state index in [0.29, 0.717) is 30.2 Å². The Labute approximate surface area is 125 Å².